The highest BCUT2D eigenvalue weighted by Crippen LogP contribution is 2.34. The van der Waals surface area contributed by atoms with Gasteiger partial charge in [-0.05, 0) is 31.3 Å². The highest BCUT2D eigenvalue weighted by Gasteiger charge is 2.25. The average molecular weight is 338 g/mol. The largest absolute Gasteiger partial charge is 0.462 e. The molecule has 2 aromatic heterocycles. The maximum absolute atomic E-state index is 12.3. The highest BCUT2D eigenvalue weighted by atomic mass is 32.1. The number of nitro groups is 1. The highest BCUT2D eigenvalue weighted by molar-refractivity contribution is 7.19. The molecule has 10 heteroatoms. The fourth-order valence-electron chi connectivity index (χ4n) is 1.87. The first-order chi connectivity index (χ1) is 11.0. The lowest BCUT2D eigenvalue weighted by Gasteiger charge is -2.06. The van der Waals surface area contributed by atoms with E-state index in [1.807, 2.05) is 6.92 Å². The van der Waals surface area contributed by atoms with Crippen LogP contribution in [0, 0.1) is 10.1 Å². The number of anilines is 1. The molecule has 1 amide bonds. The molecule has 0 bridgehead atoms. The van der Waals surface area contributed by atoms with Crippen LogP contribution in [0.4, 0.5) is 10.0 Å². The topological polar surface area (TPSA) is 116 Å². The van der Waals surface area contributed by atoms with Gasteiger partial charge in [-0.1, -0.05) is 0 Å². The number of rotatable bonds is 6. The predicted octanol–water partition coefficient (Wildman–Crippen LogP) is 2.30. The summed E-state index contributed by atoms with van der Waals surface area (Å²) in [6.45, 7) is 4.06. The molecule has 0 atom stereocenters. The molecule has 2 aromatic rings. The number of aromatic nitrogens is 2. The maximum atomic E-state index is 12.3. The first-order valence-electron chi connectivity index (χ1n) is 6.76. The molecule has 0 aliphatic carbocycles. The molecule has 2 heterocycles. The van der Waals surface area contributed by atoms with E-state index in [9.17, 15) is 19.7 Å². The lowest BCUT2D eigenvalue weighted by atomic mass is 10.3. The van der Waals surface area contributed by atoms with Crippen LogP contribution in [0.3, 0.4) is 0 Å². The lowest BCUT2D eigenvalue weighted by Crippen LogP contribution is -2.18. The number of ether oxygens (including phenoxy) is 1. The molecule has 0 aliphatic heterocycles. The van der Waals surface area contributed by atoms with Crippen LogP contribution in [-0.4, -0.2) is 33.2 Å². The molecule has 0 aromatic carbocycles. The molecule has 0 aliphatic rings. The number of nitrogens with zero attached hydrogens (tertiary/aromatic N) is 3. The van der Waals surface area contributed by atoms with Crippen molar-refractivity contribution in [2.75, 3.05) is 11.9 Å². The second-order valence-corrected chi connectivity index (χ2v) is 5.32. The van der Waals surface area contributed by atoms with Crippen LogP contribution in [-0.2, 0) is 11.3 Å². The number of hydrogen-bond donors (Lipinski definition) is 1. The molecule has 1 N–H and O–H groups in total. The zero-order chi connectivity index (χ0) is 17.0. The van der Waals surface area contributed by atoms with Gasteiger partial charge in [-0.25, -0.2) is 4.79 Å². The van der Waals surface area contributed by atoms with Crippen molar-refractivity contribution in [3.8, 4) is 0 Å². The Balaban J connectivity index is 2.32. The summed E-state index contributed by atoms with van der Waals surface area (Å²) in [5, 5.41) is 17.2. The van der Waals surface area contributed by atoms with Gasteiger partial charge in [0.25, 0.3) is 5.91 Å². The monoisotopic (exact) mass is 338 g/mol. The smallest absolute Gasteiger partial charge is 0.341 e. The van der Waals surface area contributed by atoms with Gasteiger partial charge in [0.1, 0.15) is 16.3 Å². The van der Waals surface area contributed by atoms with Gasteiger partial charge in [0.2, 0.25) is 0 Å². The van der Waals surface area contributed by atoms with E-state index < -0.39 is 16.8 Å². The van der Waals surface area contributed by atoms with Crippen LogP contribution >= 0.6 is 11.3 Å². The number of nitrogens with one attached hydrogen (secondary N) is 1. The van der Waals surface area contributed by atoms with Crippen LogP contribution in [0.15, 0.2) is 18.3 Å². The van der Waals surface area contributed by atoms with E-state index in [1.54, 1.807) is 6.92 Å². The number of carbonyl (C=O) groups excluding carboxylic acids is 2. The van der Waals surface area contributed by atoms with E-state index in [-0.39, 0.29) is 22.2 Å². The van der Waals surface area contributed by atoms with Gasteiger partial charge in [-0.3, -0.25) is 19.6 Å². The van der Waals surface area contributed by atoms with Crippen molar-refractivity contribution in [1.82, 2.24) is 9.78 Å². The summed E-state index contributed by atoms with van der Waals surface area (Å²) in [6.07, 6.45) is 1.47. The molecule has 23 heavy (non-hydrogen) atoms. The summed E-state index contributed by atoms with van der Waals surface area (Å²) in [4.78, 5) is 34.4. The summed E-state index contributed by atoms with van der Waals surface area (Å²) in [5.74, 6) is -1.23. The molecule has 0 saturated heterocycles. The van der Waals surface area contributed by atoms with Crippen molar-refractivity contribution in [2.45, 2.75) is 20.4 Å². The van der Waals surface area contributed by atoms with Gasteiger partial charge in [-0.2, -0.15) is 5.10 Å². The summed E-state index contributed by atoms with van der Waals surface area (Å²) in [6, 6.07) is 2.61. The van der Waals surface area contributed by atoms with Crippen LogP contribution in [0.25, 0.3) is 0 Å². The zero-order valence-electron chi connectivity index (χ0n) is 12.4. The molecule has 0 spiro atoms. The van der Waals surface area contributed by atoms with E-state index >= 15 is 0 Å². The van der Waals surface area contributed by atoms with Gasteiger partial charge >= 0.3 is 11.0 Å². The van der Waals surface area contributed by atoms with Crippen LogP contribution < -0.4 is 5.32 Å². The molecule has 0 unspecified atom stereocenters. The number of amides is 1. The Hall–Kier alpha value is -2.75. The van der Waals surface area contributed by atoms with E-state index in [0.29, 0.717) is 23.6 Å². The molecular formula is C13H14N4O5S. The minimum absolute atomic E-state index is 0.0422. The summed E-state index contributed by atoms with van der Waals surface area (Å²) < 4.78 is 6.33. The molecule has 9 nitrogen and oxygen atoms in total. The molecular weight excluding hydrogens is 324 g/mol. The Morgan fingerprint density at radius 2 is 2.22 bits per heavy atom. The van der Waals surface area contributed by atoms with Crippen LogP contribution in [0.2, 0.25) is 0 Å². The second-order valence-electron chi connectivity index (χ2n) is 4.29. The van der Waals surface area contributed by atoms with Gasteiger partial charge in [0.15, 0.2) is 0 Å². The van der Waals surface area contributed by atoms with E-state index in [1.165, 1.54) is 16.9 Å². The van der Waals surface area contributed by atoms with Gasteiger partial charge in [-0.15, -0.1) is 0 Å². The van der Waals surface area contributed by atoms with Crippen molar-refractivity contribution in [1.29, 1.82) is 0 Å². The number of carbonyl (C=O) groups is 2. The lowest BCUT2D eigenvalue weighted by molar-refractivity contribution is -0.380. The van der Waals surface area contributed by atoms with Gasteiger partial charge < -0.3 is 10.1 Å². The van der Waals surface area contributed by atoms with E-state index in [4.69, 9.17) is 4.74 Å². The number of aryl methyl sites for hydroxylation is 1. The number of thiophene rings is 1. The summed E-state index contributed by atoms with van der Waals surface area (Å²) in [5.41, 5.74) is 0.248. The molecule has 0 radical (unpaired) electrons. The fourth-order valence-corrected chi connectivity index (χ4v) is 2.72. The van der Waals surface area contributed by atoms with Gasteiger partial charge in [0.05, 0.1) is 11.5 Å². The Kier molecular flexibility index (Phi) is 5.06. The average Bonchev–Trinajstić information content (AvgIpc) is 3.13. The van der Waals surface area contributed by atoms with Crippen molar-refractivity contribution < 1.29 is 19.2 Å². The molecule has 122 valence electrons. The van der Waals surface area contributed by atoms with Crippen LogP contribution in [0.1, 0.15) is 34.7 Å². The second kappa shape index (κ2) is 7.01. The minimum Gasteiger partial charge on any atom is -0.462 e. The Labute approximate surface area is 135 Å². The third-order valence-electron chi connectivity index (χ3n) is 2.87. The Morgan fingerprint density at radius 3 is 2.83 bits per heavy atom. The van der Waals surface area contributed by atoms with Crippen molar-refractivity contribution in [2.24, 2.45) is 0 Å². The third-order valence-corrected chi connectivity index (χ3v) is 3.87. The number of hydrogen-bond acceptors (Lipinski definition) is 7. The van der Waals surface area contributed by atoms with Gasteiger partial charge in [0, 0.05) is 18.8 Å². The maximum Gasteiger partial charge on any atom is 0.341 e. The summed E-state index contributed by atoms with van der Waals surface area (Å²) >= 11 is 0.699. The van der Waals surface area contributed by atoms with E-state index in [0.717, 1.165) is 6.07 Å². The van der Waals surface area contributed by atoms with Crippen LogP contribution in [0.5, 0.6) is 0 Å². The number of esters is 1. The van der Waals surface area contributed by atoms with Crippen molar-refractivity contribution in [3.63, 3.8) is 0 Å². The molecule has 0 saturated carbocycles. The Bertz CT molecular complexity index is 751. The summed E-state index contributed by atoms with van der Waals surface area (Å²) in [7, 11) is 0. The first-order valence-corrected chi connectivity index (χ1v) is 7.58. The van der Waals surface area contributed by atoms with Crippen molar-refractivity contribution >= 4 is 33.2 Å². The SMILES string of the molecule is CCOC(=O)c1cc([N+](=O)[O-])sc1NC(=O)c1ccnn1CC. The first kappa shape index (κ1) is 16.6. The minimum atomic E-state index is -0.726. The zero-order valence-corrected chi connectivity index (χ0v) is 13.3. The Morgan fingerprint density at radius 1 is 1.48 bits per heavy atom. The quantitative estimate of drug-likeness (QED) is 0.491. The third kappa shape index (κ3) is 3.54. The normalized spacial score (nSPS) is 10.3. The molecule has 0 fully saturated rings. The standard InChI is InChI=1S/C13H14N4O5S/c1-3-16-9(5-6-14-16)11(18)15-12-8(13(19)22-4-2)7-10(23-12)17(20)21/h5-7H,3-4H2,1-2H3,(H,15,18). The van der Waals surface area contributed by atoms with Crippen molar-refractivity contribution in [3.05, 3.63) is 39.7 Å². The molecule has 2 rings (SSSR count). The van der Waals surface area contributed by atoms with E-state index in [2.05, 4.69) is 10.4 Å². The predicted molar refractivity (Wildman–Crippen MR) is 82.8 cm³/mol. The fraction of sp³-hybridized carbons (Fsp3) is 0.308.